The molecule has 4 N–H and O–H groups in total. The van der Waals surface area contributed by atoms with Crippen molar-refractivity contribution in [1.29, 1.82) is 0 Å². The van der Waals surface area contributed by atoms with Crippen LogP contribution in [-0.2, 0) is 4.74 Å². The van der Waals surface area contributed by atoms with E-state index in [2.05, 4.69) is 29.5 Å². The quantitative estimate of drug-likeness (QED) is 0.458. The van der Waals surface area contributed by atoms with Gasteiger partial charge in [-0.25, -0.2) is 4.79 Å². The first-order chi connectivity index (χ1) is 12.4. The summed E-state index contributed by atoms with van der Waals surface area (Å²) in [5.74, 6) is 1.87. The Bertz CT molecular complexity index is 605. The van der Waals surface area contributed by atoms with Gasteiger partial charge in [0.25, 0.3) is 0 Å². The summed E-state index contributed by atoms with van der Waals surface area (Å²) in [5.41, 5.74) is 6.68. The van der Waals surface area contributed by atoms with Gasteiger partial charge in [-0.15, -0.1) is 0 Å². The highest BCUT2D eigenvalue weighted by atomic mass is 16.5. The predicted octanol–water partition coefficient (Wildman–Crippen LogP) is 2.59. The number of hydrogen-bond acceptors (Lipinski definition) is 5. The molecule has 0 heterocycles. The van der Waals surface area contributed by atoms with Crippen molar-refractivity contribution in [3.63, 3.8) is 0 Å². The zero-order valence-electron chi connectivity index (χ0n) is 16.2. The van der Waals surface area contributed by atoms with Crippen LogP contribution in [0.2, 0.25) is 0 Å². The standard InChI is InChI=1S/C18H30N4O4/c1-6-26-18(23)22-14(9-12(2)3)11-20-17(19)21-13-7-8-15(24-4)16(10-13)25-5/h7-8,10,12,14H,6,9,11H2,1-5H3,(H,22,23)(H3,19,20,21). The molecular weight excluding hydrogens is 336 g/mol. The van der Waals surface area contributed by atoms with Crippen molar-refractivity contribution in [2.45, 2.75) is 33.2 Å². The van der Waals surface area contributed by atoms with E-state index in [1.54, 1.807) is 33.3 Å². The number of carbonyl (C=O) groups excluding carboxylic acids is 1. The number of amides is 1. The number of nitrogens with zero attached hydrogens (tertiary/aromatic N) is 1. The van der Waals surface area contributed by atoms with Crippen molar-refractivity contribution >= 4 is 17.7 Å². The van der Waals surface area contributed by atoms with E-state index in [9.17, 15) is 4.79 Å². The summed E-state index contributed by atoms with van der Waals surface area (Å²) < 4.78 is 15.4. The van der Waals surface area contributed by atoms with Crippen molar-refractivity contribution < 1.29 is 19.0 Å². The smallest absolute Gasteiger partial charge is 0.407 e. The average Bonchev–Trinajstić information content (AvgIpc) is 2.59. The van der Waals surface area contributed by atoms with E-state index in [0.29, 0.717) is 30.6 Å². The molecule has 8 nitrogen and oxygen atoms in total. The SMILES string of the molecule is CCOC(=O)NC(CN=C(N)Nc1ccc(OC)c(OC)c1)CC(C)C. The average molecular weight is 366 g/mol. The molecule has 0 spiro atoms. The highest BCUT2D eigenvalue weighted by Crippen LogP contribution is 2.29. The van der Waals surface area contributed by atoms with Crippen molar-refractivity contribution in [3.05, 3.63) is 18.2 Å². The summed E-state index contributed by atoms with van der Waals surface area (Å²) in [6, 6.07) is 5.20. The maximum Gasteiger partial charge on any atom is 0.407 e. The minimum atomic E-state index is -0.445. The second-order valence-corrected chi connectivity index (χ2v) is 6.11. The van der Waals surface area contributed by atoms with Crippen LogP contribution in [0.1, 0.15) is 27.2 Å². The van der Waals surface area contributed by atoms with Crippen LogP contribution in [0.5, 0.6) is 11.5 Å². The van der Waals surface area contributed by atoms with Gasteiger partial charge in [0.2, 0.25) is 0 Å². The van der Waals surface area contributed by atoms with Crippen LogP contribution in [0.3, 0.4) is 0 Å². The van der Waals surface area contributed by atoms with Crippen LogP contribution in [0.4, 0.5) is 10.5 Å². The van der Waals surface area contributed by atoms with E-state index in [1.165, 1.54) is 0 Å². The van der Waals surface area contributed by atoms with Crippen molar-refractivity contribution in [3.8, 4) is 11.5 Å². The Morgan fingerprint density at radius 3 is 2.50 bits per heavy atom. The second-order valence-electron chi connectivity index (χ2n) is 6.11. The lowest BCUT2D eigenvalue weighted by molar-refractivity contribution is 0.147. The molecule has 146 valence electrons. The van der Waals surface area contributed by atoms with Crippen LogP contribution < -0.4 is 25.8 Å². The molecule has 1 amide bonds. The Kier molecular flexibility index (Phi) is 9.11. The van der Waals surface area contributed by atoms with Gasteiger partial charge in [-0.1, -0.05) is 13.8 Å². The normalized spacial score (nSPS) is 12.5. The van der Waals surface area contributed by atoms with Gasteiger partial charge in [-0.3, -0.25) is 4.99 Å². The molecule has 1 atom stereocenters. The fourth-order valence-electron chi connectivity index (χ4n) is 2.40. The summed E-state index contributed by atoms with van der Waals surface area (Å²) >= 11 is 0. The van der Waals surface area contributed by atoms with Crippen LogP contribution in [0, 0.1) is 5.92 Å². The lowest BCUT2D eigenvalue weighted by atomic mass is 10.0. The van der Waals surface area contributed by atoms with Crippen molar-refractivity contribution in [1.82, 2.24) is 5.32 Å². The van der Waals surface area contributed by atoms with Gasteiger partial charge < -0.3 is 30.6 Å². The molecule has 1 rings (SSSR count). The Morgan fingerprint density at radius 2 is 1.92 bits per heavy atom. The molecule has 1 aromatic carbocycles. The van der Waals surface area contributed by atoms with Gasteiger partial charge in [0.05, 0.1) is 33.4 Å². The minimum Gasteiger partial charge on any atom is -0.493 e. The fraction of sp³-hybridized carbons (Fsp3) is 0.556. The summed E-state index contributed by atoms with van der Waals surface area (Å²) in [6.07, 6.45) is 0.325. The number of nitrogens with one attached hydrogen (secondary N) is 2. The van der Waals surface area contributed by atoms with E-state index >= 15 is 0 Å². The molecule has 0 radical (unpaired) electrons. The monoisotopic (exact) mass is 366 g/mol. The maximum atomic E-state index is 11.6. The largest absolute Gasteiger partial charge is 0.493 e. The Balaban J connectivity index is 2.72. The molecule has 0 aromatic heterocycles. The van der Waals surface area contributed by atoms with Crippen LogP contribution in [0.15, 0.2) is 23.2 Å². The third-order valence-electron chi connectivity index (χ3n) is 3.49. The van der Waals surface area contributed by atoms with Gasteiger partial charge in [-0.05, 0) is 31.4 Å². The first-order valence-corrected chi connectivity index (χ1v) is 8.61. The molecule has 0 fully saturated rings. The number of anilines is 1. The number of methoxy groups -OCH3 is 2. The molecule has 0 aliphatic heterocycles. The van der Waals surface area contributed by atoms with Crippen LogP contribution in [-0.4, -0.2) is 45.5 Å². The van der Waals surface area contributed by atoms with Gasteiger partial charge in [0.1, 0.15) is 0 Å². The topological polar surface area (TPSA) is 107 Å². The molecule has 0 aliphatic rings. The first-order valence-electron chi connectivity index (χ1n) is 8.61. The minimum absolute atomic E-state index is 0.153. The number of hydrogen-bond donors (Lipinski definition) is 3. The van der Waals surface area contributed by atoms with Gasteiger partial charge >= 0.3 is 6.09 Å². The van der Waals surface area contributed by atoms with Crippen LogP contribution >= 0.6 is 0 Å². The molecular formula is C18H30N4O4. The van der Waals surface area contributed by atoms with Crippen molar-refractivity contribution in [2.24, 2.45) is 16.6 Å². The predicted molar refractivity (Wildman–Crippen MR) is 103 cm³/mol. The maximum absolute atomic E-state index is 11.6. The summed E-state index contributed by atoms with van der Waals surface area (Å²) in [5, 5.41) is 5.82. The molecule has 1 unspecified atom stereocenters. The number of guanidine groups is 1. The van der Waals surface area contributed by atoms with Gasteiger partial charge in [-0.2, -0.15) is 0 Å². The number of ether oxygens (including phenoxy) is 3. The third-order valence-corrected chi connectivity index (χ3v) is 3.49. The number of benzene rings is 1. The fourth-order valence-corrected chi connectivity index (χ4v) is 2.40. The lowest BCUT2D eigenvalue weighted by Crippen LogP contribution is -2.39. The molecule has 1 aromatic rings. The van der Waals surface area contributed by atoms with Gasteiger partial charge in [0, 0.05) is 11.8 Å². The Hall–Kier alpha value is -2.64. The summed E-state index contributed by atoms with van der Waals surface area (Å²) in [4.78, 5) is 16.0. The summed E-state index contributed by atoms with van der Waals surface area (Å²) in [7, 11) is 3.14. The molecule has 0 saturated carbocycles. The Morgan fingerprint density at radius 1 is 1.23 bits per heavy atom. The van der Waals surface area contributed by atoms with E-state index in [-0.39, 0.29) is 12.0 Å². The lowest BCUT2D eigenvalue weighted by Gasteiger charge is -2.19. The number of aliphatic imine (C=N–C) groups is 1. The number of carbonyl (C=O) groups is 1. The number of alkyl carbamates (subject to hydrolysis) is 1. The zero-order valence-corrected chi connectivity index (χ0v) is 16.2. The van der Waals surface area contributed by atoms with E-state index < -0.39 is 6.09 Å². The molecule has 0 aliphatic carbocycles. The number of rotatable bonds is 9. The molecule has 0 bridgehead atoms. The molecule has 26 heavy (non-hydrogen) atoms. The molecule has 0 saturated heterocycles. The highest BCUT2D eigenvalue weighted by molar-refractivity contribution is 5.92. The summed E-state index contributed by atoms with van der Waals surface area (Å²) in [6.45, 7) is 6.60. The molecule has 8 heteroatoms. The Labute approximate surface area is 155 Å². The first kappa shape index (κ1) is 21.4. The highest BCUT2D eigenvalue weighted by Gasteiger charge is 2.14. The van der Waals surface area contributed by atoms with Crippen molar-refractivity contribution in [2.75, 3.05) is 32.7 Å². The van der Waals surface area contributed by atoms with E-state index in [1.807, 2.05) is 6.07 Å². The third kappa shape index (κ3) is 7.50. The number of nitrogens with two attached hydrogens (primary N) is 1. The van der Waals surface area contributed by atoms with E-state index in [0.717, 1.165) is 12.1 Å². The second kappa shape index (κ2) is 11.1. The van der Waals surface area contributed by atoms with E-state index in [4.69, 9.17) is 19.9 Å². The zero-order chi connectivity index (χ0) is 19.5. The van der Waals surface area contributed by atoms with Crippen LogP contribution in [0.25, 0.3) is 0 Å². The van der Waals surface area contributed by atoms with Gasteiger partial charge in [0.15, 0.2) is 17.5 Å².